The zero-order valence-corrected chi connectivity index (χ0v) is 23.1. The number of carbonyl (C=O) groups excluding carboxylic acids is 3. The molecule has 216 valence electrons. The second-order valence-electron chi connectivity index (χ2n) is 10.1. The molecule has 11 heteroatoms. The fourth-order valence-electron chi connectivity index (χ4n) is 5.43. The van der Waals surface area contributed by atoms with Crippen molar-refractivity contribution in [1.82, 2.24) is 0 Å². The number of nitrogens with zero attached hydrogens (tertiary/aromatic N) is 3. The van der Waals surface area contributed by atoms with Gasteiger partial charge in [-0.2, -0.15) is 0 Å². The summed E-state index contributed by atoms with van der Waals surface area (Å²) >= 11 is 0. The van der Waals surface area contributed by atoms with Crippen molar-refractivity contribution in [1.29, 1.82) is 0 Å². The van der Waals surface area contributed by atoms with Crippen molar-refractivity contribution >= 4 is 34.8 Å². The van der Waals surface area contributed by atoms with Crippen LogP contribution in [0.5, 0.6) is 11.5 Å². The van der Waals surface area contributed by atoms with E-state index in [2.05, 4.69) is 0 Å². The maximum atomic E-state index is 14.0. The van der Waals surface area contributed by atoms with Gasteiger partial charge < -0.3 is 9.47 Å². The van der Waals surface area contributed by atoms with Gasteiger partial charge in [-0.05, 0) is 60.5 Å². The molecule has 2 fully saturated rings. The van der Waals surface area contributed by atoms with Crippen LogP contribution in [0.2, 0.25) is 0 Å². The quantitative estimate of drug-likeness (QED) is 0.0956. The Morgan fingerprint density at radius 2 is 1.60 bits per heavy atom. The Balaban J connectivity index is 1.41. The smallest absolute Gasteiger partial charge is 0.343 e. The third-order valence-corrected chi connectivity index (χ3v) is 7.41. The largest absolute Gasteiger partial charge is 0.493 e. The van der Waals surface area contributed by atoms with E-state index in [0.29, 0.717) is 16.8 Å². The van der Waals surface area contributed by atoms with Crippen LogP contribution in [0.1, 0.15) is 27.5 Å². The third-order valence-electron chi connectivity index (χ3n) is 7.41. The van der Waals surface area contributed by atoms with Gasteiger partial charge in [0.05, 0.1) is 35.0 Å². The molecule has 0 bridgehead atoms. The minimum Gasteiger partial charge on any atom is -0.493 e. The van der Waals surface area contributed by atoms with E-state index in [0.717, 1.165) is 10.5 Å². The fourth-order valence-corrected chi connectivity index (χ4v) is 5.43. The van der Waals surface area contributed by atoms with Crippen molar-refractivity contribution in [2.75, 3.05) is 17.1 Å². The monoisotopic (exact) mass is 579 g/mol. The van der Waals surface area contributed by atoms with Gasteiger partial charge in [-0.3, -0.25) is 24.5 Å². The number of nitro benzene ring substituents is 1. The summed E-state index contributed by atoms with van der Waals surface area (Å²) in [6, 6.07) is 25.1. The van der Waals surface area contributed by atoms with E-state index in [1.165, 1.54) is 36.4 Å². The van der Waals surface area contributed by atoms with Crippen molar-refractivity contribution in [2.24, 2.45) is 5.92 Å². The Bertz CT molecular complexity index is 1760. The van der Waals surface area contributed by atoms with Crippen molar-refractivity contribution in [2.45, 2.75) is 19.1 Å². The van der Waals surface area contributed by atoms with Crippen LogP contribution >= 0.6 is 0 Å². The summed E-state index contributed by atoms with van der Waals surface area (Å²) in [6.45, 7) is 1.86. The number of imide groups is 1. The molecule has 0 spiro atoms. The summed E-state index contributed by atoms with van der Waals surface area (Å²) in [5.74, 6) is -2.24. The number of fused-ring (bicyclic) bond motifs is 1. The van der Waals surface area contributed by atoms with Crippen LogP contribution < -0.4 is 19.4 Å². The Morgan fingerprint density at radius 3 is 2.33 bits per heavy atom. The third kappa shape index (κ3) is 4.95. The summed E-state index contributed by atoms with van der Waals surface area (Å²) in [4.78, 5) is 58.6. The maximum absolute atomic E-state index is 14.0. The van der Waals surface area contributed by atoms with E-state index in [1.807, 2.05) is 13.0 Å². The molecule has 0 unspecified atom stereocenters. The molecule has 0 aromatic heterocycles. The molecule has 2 aliphatic heterocycles. The van der Waals surface area contributed by atoms with Gasteiger partial charge in [-0.1, -0.05) is 42.5 Å². The predicted octanol–water partition coefficient (Wildman–Crippen LogP) is 5.18. The Kier molecular flexibility index (Phi) is 7.08. The molecule has 0 N–H and O–H groups in total. The maximum Gasteiger partial charge on any atom is 0.343 e. The summed E-state index contributed by atoms with van der Waals surface area (Å²) in [5.41, 5.74) is 2.25. The highest BCUT2D eigenvalue weighted by molar-refractivity contribution is 6.24. The first-order valence-corrected chi connectivity index (χ1v) is 13.4. The van der Waals surface area contributed by atoms with Crippen molar-refractivity contribution in [3.05, 3.63) is 124 Å². The highest BCUT2D eigenvalue weighted by atomic mass is 16.7. The number of hydrogen-bond acceptors (Lipinski definition) is 9. The fraction of sp³-hybridized carbons (Fsp3) is 0.156. The second kappa shape index (κ2) is 11.0. The molecule has 11 nitrogen and oxygen atoms in total. The molecule has 2 aliphatic rings. The number of benzene rings is 4. The Hall–Kier alpha value is -5.55. The first kappa shape index (κ1) is 27.6. The van der Waals surface area contributed by atoms with E-state index < -0.39 is 40.8 Å². The number of hydroxylamine groups is 1. The number of rotatable bonds is 7. The van der Waals surface area contributed by atoms with Gasteiger partial charge in [-0.15, -0.1) is 0 Å². The number of hydrogen-bond donors (Lipinski definition) is 0. The van der Waals surface area contributed by atoms with Gasteiger partial charge in [0, 0.05) is 12.1 Å². The highest BCUT2D eigenvalue weighted by Crippen LogP contribution is 2.49. The summed E-state index contributed by atoms with van der Waals surface area (Å²) in [7, 11) is 1.41. The Morgan fingerprint density at radius 1 is 0.860 bits per heavy atom. The van der Waals surface area contributed by atoms with E-state index in [1.54, 1.807) is 66.7 Å². The van der Waals surface area contributed by atoms with Gasteiger partial charge in [0.1, 0.15) is 5.92 Å². The molecule has 2 heterocycles. The predicted molar refractivity (Wildman–Crippen MR) is 155 cm³/mol. The number of anilines is 2. The molecule has 2 amide bonds. The van der Waals surface area contributed by atoms with Crippen LogP contribution in [0, 0.1) is 23.0 Å². The zero-order chi connectivity index (χ0) is 30.2. The molecule has 0 radical (unpaired) electrons. The number of non-ortho nitro benzene ring substituents is 1. The first-order chi connectivity index (χ1) is 20.8. The van der Waals surface area contributed by atoms with Gasteiger partial charge in [0.25, 0.3) is 11.6 Å². The number of carbonyl (C=O) groups is 3. The van der Waals surface area contributed by atoms with Crippen LogP contribution in [0.3, 0.4) is 0 Å². The van der Waals surface area contributed by atoms with Gasteiger partial charge in [0.15, 0.2) is 17.6 Å². The summed E-state index contributed by atoms with van der Waals surface area (Å²) in [6.07, 6.45) is -1.18. The first-order valence-electron chi connectivity index (χ1n) is 13.4. The van der Waals surface area contributed by atoms with E-state index >= 15 is 0 Å². The molecule has 4 aromatic carbocycles. The normalized spacial score (nSPS) is 19.3. The van der Waals surface area contributed by atoms with Crippen molar-refractivity contribution < 1.29 is 33.6 Å². The van der Waals surface area contributed by atoms with Crippen molar-refractivity contribution in [3.8, 4) is 11.5 Å². The van der Waals surface area contributed by atoms with Crippen LogP contribution in [0.25, 0.3) is 0 Å². The van der Waals surface area contributed by atoms with Crippen LogP contribution in [0.4, 0.5) is 17.1 Å². The van der Waals surface area contributed by atoms with Crippen LogP contribution in [0.15, 0.2) is 97.1 Å². The molecule has 2 saturated heterocycles. The lowest BCUT2D eigenvalue weighted by Gasteiger charge is -2.29. The van der Waals surface area contributed by atoms with Gasteiger partial charge in [-0.25, -0.2) is 14.8 Å². The Labute approximate surface area is 245 Å². The molecule has 3 atom stereocenters. The summed E-state index contributed by atoms with van der Waals surface area (Å²) < 4.78 is 11.1. The number of nitro groups is 1. The molecular weight excluding hydrogens is 554 g/mol. The van der Waals surface area contributed by atoms with Crippen molar-refractivity contribution in [3.63, 3.8) is 0 Å². The highest BCUT2D eigenvalue weighted by Gasteiger charge is 2.60. The van der Waals surface area contributed by atoms with Crippen LogP contribution in [-0.4, -0.2) is 35.9 Å². The van der Waals surface area contributed by atoms with E-state index in [4.69, 9.17) is 14.3 Å². The SMILES string of the molecule is COc1cc([C@H]2[C@H]3C(=O)N(c4cccc(C)c4)C(=O)[C@H]3ON2c2cccc([N+](=O)[O-])c2)ccc1OC(=O)c1ccccc1. The lowest BCUT2D eigenvalue weighted by Crippen LogP contribution is -2.37. The number of amides is 2. The van der Waals surface area contributed by atoms with Crippen LogP contribution in [-0.2, 0) is 14.4 Å². The second-order valence-corrected chi connectivity index (χ2v) is 10.1. The molecule has 6 rings (SSSR count). The average Bonchev–Trinajstić information content (AvgIpc) is 3.53. The lowest BCUT2D eigenvalue weighted by molar-refractivity contribution is -0.384. The molecule has 0 aliphatic carbocycles. The number of methoxy groups -OCH3 is 1. The van der Waals surface area contributed by atoms with E-state index in [-0.39, 0.29) is 22.9 Å². The summed E-state index contributed by atoms with van der Waals surface area (Å²) in [5, 5.41) is 12.9. The van der Waals surface area contributed by atoms with Gasteiger partial charge in [0.2, 0.25) is 5.91 Å². The topological polar surface area (TPSA) is 129 Å². The molecule has 0 saturated carbocycles. The van der Waals surface area contributed by atoms with Gasteiger partial charge >= 0.3 is 5.97 Å². The minimum absolute atomic E-state index is 0.146. The number of ether oxygens (including phenoxy) is 2. The molecule has 43 heavy (non-hydrogen) atoms. The average molecular weight is 580 g/mol. The molecular formula is C32H25N3O8. The minimum atomic E-state index is -1.18. The standard InChI is InChI=1S/C32H25N3O8/c1-19-8-6-11-22(16-19)33-30(36)27-28(34(43-29(27)31(33)37)23-12-7-13-24(18-23)35(39)40)21-14-15-25(26(17-21)41-2)42-32(38)20-9-4-3-5-10-20/h3-18,27-29H,1-2H3/t27-,28+,29+/m1/s1. The lowest BCUT2D eigenvalue weighted by atomic mass is 9.90. The number of esters is 1. The zero-order valence-electron chi connectivity index (χ0n) is 23.1. The van der Waals surface area contributed by atoms with E-state index in [9.17, 15) is 24.5 Å². The number of aryl methyl sites for hydroxylation is 1. The molecule has 4 aromatic rings.